The Morgan fingerprint density at radius 1 is 1.32 bits per heavy atom. The number of aromatic nitrogens is 3. The van der Waals surface area contributed by atoms with Crippen LogP contribution < -0.4 is 10.6 Å². The number of aromatic amines is 1. The zero-order valence-corrected chi connectivity index (χ0v) is 15.3. The number of anilines is 1. The van der Waals surface area contributed by atoms with Gasteiger partial charge in [-0.3, -0.25) is 9.89 Å². The topological polar surface area (TPSA) is 91.1 Å². The molecule has 7 nitrogen and oxygen atoms in total. The molecule has 25 heavy (non-hydrogen) atoms. The highest BCUT2D eigenvalue weighted by atomic mass is 35.5. The number of carbonyl (C=O) groups is 1. The van der Waals surface area contributed by atoms with Crippen molar-refractivity contribution in [1.82, 2.24) is 20.1 Å². The van der Waals surface area contributed by atoms with Crippen molar-refractivity contribution in [3.8, 4) is 0 Å². The van der Waals surface area contributed by atoms with Crippen LogP contribution in [0.4, 0.5) is 5.69 Å². The van der Waals surface area contributed by atoms with Gasteiger partial charge < -0.3 is 15.5 Å². The molecule has 1 amide bonds. The van der Waals surface area contributed by atoms with Gasteiger partial charge in [-0.1, -0.05) is 0 Å². The smallest absolute Gasteiger partial charge is 0.224 e. The number of fused-ring (bicyclic) bond motifs is 1. The predicted octanol–water partition coefficient (Wildman–Crippen LogP) is 1.64. The Morgan fingerprint density at radius 2 is 2.04 bits per heavy atom. The Labute approximate surface area is 153 Å². The monoisotopic (exact) mass is 364 g/mol. The molecule has 1 aliphatic carbocycles. The van der Waals surface area contributed by atoms with Crippen LogP contribution in [0.5, 0.6) is 0 Å². The summed E-state index contributed by atoms with van der Waals surface area (Å²) in [5.74, 6) is 0.791. The van der Waals surface area contributed by atoms with Crippen molar-refractivity contribution in [2.75, 3.05) is 31.1 Å². The summed E-state index contributed by atoms with van der Waals surface area (Å²) in [6, 6.07) is -0.0808. The number of hydrogen-bond acceptors (Lipinski definition) is 5. The number of nitrogens with one attached hydrogen (secondary N) is 1. The summed E-state index contributed by atoms with van der Waals surface area (Å²) in [4.78, 5) is 21.0. The molecule has 3 heterocycles. The first-order chi connectivity index (χ1) is 11.6. The molecule has 1 atom stereocenters. The van der Waals surface area contributed by atoms with Gasteiger partial charge in [0.15, 0.2) is 5.65 Å². The maximum atomic E-state index is 12.2. The minimum absolute atomic E-state index is 0. The number of H-pyrrole nitrogens is 1. The van der Waals surface area contributed by atoms with Crippen LogP contribution in [0.1, 0.15) is 37.7 Å². The number of nitrogens with zero attached hydrogens (tertiary/aromatic N) is 4. The Balaban J connectivity index is 0.00000182. The van der Waals surface area contributed by atoms with Gasteiger partial charge in [0.05, 0.1) is 17.3 Å². The normalized spacial score (nSPS) is 19.0. The molecule has 1 saturated carbocycles. The van der Waals surface area contributed by atoms with Crippen molar-refractivity contribution < 1.29 is 4.79 Å². The van der Waals surface area contributed by atoms with Crippen LogP contribution in [0, 0.1) is 0 Å². The third-order valence-electron chi connectivity index (χ3n) is 4.94. The largest absolute Gasteiger partial charge is 0.367 e. The number of rotatable bonds is 4. The van der Waals surface area contributed by atoms with E-state index >= 15 is 0 Å². The van der Waals surface area contributed by atoms with E-state index in [0.717, 1.165) is 37.2 Å². The molecule has 2 fully saturated rings. The van der Waals surface area contributed by atoms with Crippen molar-refractivity contribution in [1.29, 1.82) is 0 Å². The number of nitrogens with two attached hydrogens (primary N) is 1. The predicted molar refractivity (Wildman–Crippen MR) is 100 cm³/mol. The molecule has 1 aliphatic heterocycles. The fourth-order valence-electron chi connectivity index (χ4n) is 3.53. The molecule has 2 aromatic heterocycles. The second-order valence-electron chi connectivity index (χ2n) is 7.02. The highest BCUT2D eigenvalue weighted by Gasteiger charge is 2.31. The van der Waals surface area contributed by atoms with Gasteiger partial charge in [0.25, 0.3) is 0 Å². The van der Waals surface area contributed by atoms with E-state index in [-0.39, 0.29) is 24.4 Å². The fourth-order valence-corrected chi connectivity index (χ4v) is 3.53. The van der Waals surface area contributed by atoms with Gasteiger partial charge in [0, 0.05) is 44.8 Å². The van der Waals surface area contributed by atoms with E-state index in [2.05, 4.69) is 20.1 Å². The molecule has 0 spiro atoms. The number of amides is 1. The minimum Gasteiger partial charge on any atom is -0.367 e. The van der Waals surface area contributed by atoms with Crippen LogP contribution in [-0.2, 0) is 4.79 Å². The summed E-state index contributed by atoms with van der Waals surface area (Å²) in [5, 5.41) is 8.22. The number of halogens is 1. The first-order valence-electron chi connectivity index (χ1n) is 8.73. The molecular formula is C17H25ClN6O. The van der Waals surface area contributed by atoms with Crippen molar-refractivity contribution >= 4 is 35.0 Å². The summed E-state index contributed by atoms with van der Waals surface area (Å²) >= 11 is 0. The lowest BCUT2D eigenvalue weighted by molar-refractivity contribution is -0.131. The quantitative estimate of drug-likeness (QED) is 0.860. The minimum atomic E-state index is -0.0808. The highest BCUT2D eigenvalue weighted by Crippen LogP contribution is 2.46. The van der Waals surface area contributed by atoms with Crippen molar-refractivity contribution in [2.24, 2.45) is 5.73 Å². The van der Waals surface area contributed by atoms with Gasteiger partial charge >= 0.3 is 0 Å². The number of carbonyl (C=O) groups excluding carboxylic acids is 1. The van der Waals surface area contributed by atoms with E-state index in [4.69, 9.17) is 5.73 Å². The Bertz CT molecular complexity index is 749. The summed E-state index contributed by atoms with van der Waals surface area (Å²) in [7, 11) is 0. The van der Waals surface area contributed by atoms with E-state index in [1.807, 2.05) is 24.2 Å². The Kier molecular flexibility index (Phi) is 5.15. The molecule has 2 aliphatic rings. The third kappa shape index (κ3) is 3.57. The van der Waals surface area contributed by atoms with Crippen LogP contribution in [0.15, 0.2) is 12.4 Å². The van der Waals surface area contributed by atoms with E-state index in [0.29, 0.717) is 12.3 Å². The number of hydrogen-bond donors (Lipinski definition) is 2. The van der Waals surface area contributed by atoms with Crippen molar-refractivity contribution in [3.05, 3.63) is 18.0 Å². The molecular weight excluding hydrogens is 340 g/mol. The maximum absolute atomic E-state index is 12.2. The Morgan fingerprint density at radius 3 is 2.68 bits per heavy atom. The van der Waals surface area contributed by atoms with Gasteiger partial charge in [-0.15, -0.1) is 12.4 Å². The molecule has 0 radical (unpaired) electrons. The third-order valence-corrected chi connectivity index (χ3v) is 4.94. The van der Waals surface area contributed by atoms with Gasteiger partial charge in [-0.25, -0.2) is 4.98 Å². The van der Waals surface area contributed by atoms with Gasteiger partial charge in [-0.2, -0.15) is 5.10 Å². The van der Waals surface area contributed by atoms with Crippen molar-refractivity contribution in [2.45, 2.75) is 38.1 Å². The lowest BCUT2D eigenvalue weighted by Crippen LogP contribution is -2.49. The molecule has 0 aromatic carbocycles. The average molecular weight is 365 g/mol. The standard InChI is InChI=1S/C17H24N6O.ClH/c1-11(18)8-15(24)22-4-6-23(7-5-22)16-13(12-2-3-12)9-19-17-14(16)10-20-21-17;/h9-12H,2-8,18H2,1H3,(H,19,20,21);1H. The first kappa shape index (κ1) is 17.9. The van der Waals surface area contributed by atoms with E-state index in [1.165, 1.54) is 24.1 Å². The lowest BCUT2D eigenvalue weighted by atomic mass is 10.1. The molecule has 0 bridgehead atoms. The lowest BCUT2D eigenvalue weighted by Gasteiger charge is -2.37. The highest BCUT2D eigenvalue weighted by molar-refractivity contribution is 5.91. The van der Waals surface area contributed by atoms with Crippen LogP contribution in [-0.4, -0.2) is 58.2 Å². The SMILES string of the molecule is CC(N)CC(=O)N1CCN(c2c(C3CC3)cnc3[nH]ncc23)CC1.Cl. The number of pyridine rings is 1. The van der Waals surface area contributed by atoms with Crippen LogP contribution >= 0.6 is 12.4 Å². The van der Waals surface area contributed by atoms with Crippen LogP contribution in [0.25, 0.3) is 11.0 Å². The molecule has 8 heteroatoms. The molecule has 3 N–H and O–H groups in total. The van der Waals surface area contributed by atoms with Gasteiger partial charge in [0.1, 0.15) is 0 Å². The van der Waals surface area contributed by atoms with E-state index in [1.54, 1.807) is 0 Å². The van der Waals surface area contributed by atoms with E-state index < -0.39 is 0 Å². The summed E-state index contributed by atoms with van der Waals surface area (Å²) in [5.41, 5.74) is 9.18. The molecule has 136 valence electrons. The summed E-state index contributed by atoms with van der Waals surface area (Å²) in [6.45, 7) is 5.06. The maximum Gasteiger partial charge on any atom is 0.224 e. The second kappa shape index (κ2) is 7.17. The second-order valence-corrected chi connectivity index (χ2v) is 7.02. The van der Waals surface area contributed by atoms with Gasteiger partial charge in [0.2, 0.25) is 5.91 Å². The van der Waals surface area contributed by atoms with Crippen LogP contribution in [0.3, 0.4) is 0 Å². The summed E-state index contributed by atoms with van der Waals surface area (Å²) < 4.78 is 0. The fraction of sp³-hybridized carbons (Fsp3) is 0.588. The number of piperazine rings is 1. The van der Waals surface area contributed by atoms with Crippen LogP contribution in [0.2, 0.25) is 0 Å². The molecule has 1 saturated heterocycles. The van der Waals surface area contributed by atoms with Gasteiger partial charge in [-0.05, 0) is 31.2 Å². The van der Waals surface area contributed by atoms with Crippen molar-refractivity contribution in [3.63, 3.8) is 0 Å². The molecule has 2 aromatic rings. The zero-order valence-electron chi connectivity index (χ0n) is 14.4. The Hall–Kier alpha value is -1.86. The molecule has 4 rings (SSSR count). The zero-order chi connectivity index (χ0) is 16.7. The summed E-state index contributed by atoms with van der Waals surface area (Å²) in [6.07, 6.45) is 6.78. The van der Waals surface area contributed by atoms with E-state index in [9.17, 15) is 4.79 Å². The first-order valence-corrected chi connectivity index (χ1v) is 8.73. The average Bonchev–Trinajstić information content (AvgIpc) is 3.30. The molecule has 1 unspecified atom stereocenters.